The van der Waals surface area contributed by atoms with Gasteiger partial charge in [-0.3, -0.25) is 0 Å². The number of hydrogen-bond acceptors (Lipinski definition) is 3. The molecule has 1 unspecified atom stereocenters. The fourth-order valence-electron chi connectivity index (χ4n) is 2.16. The van der Waals surface area contributed by atoms with Crippen molar-refractivity contribution in [3.63, 3.8) is 0 Å². The highest BCUT2D eigenvalue weighted by Crippen LogP contribution is 2.17. The van der Waals surface area contributed by atoms with Gasteiger partial charge >= 0.3 is 0 Å². The highest BCUT2D eigenvalue weighted by molar-refractivity contribution is 6.30. The Morgan fingerprint density at radius 1 is 1.24 bits per heavy atom. The van der Waals surface area contributed by atoms with Crippen molar-refractivity contribution in [2.45, 2.75) is 18.9 Å². The van der Waals surface area contributed by atoms with Crippen molar-refractivity contribution in [3.05, 3.63) is 58.5 Å². The summed E-state index contributed by atoms with van der Waals surface area (Å²) in [5, 5.41) is 3.40. The molecule has 1 heterocycles. The molecule has 112 valence electrons. The minimum absolute atomic E-state index is 0.152. The number of halogens is 2. The SMILES string of the molecule is CNC(Cc1ccc(OC)nc1)Cc1ccc(Cl)c(F)c1. The zero-order valence-electron chi connectivity index (χ0n) is 12.1. The minimum atomic E-state index is -0.380. The molecule has 1 aromatic carbocycles. The van der Waals surface area contributed by atoms with E-state index in [-0.39, 0.29) is 16.9 Å². The number of ether oxygens (including phenoxy) is 1. The summed E-state index contributed by atoms with van der Waals surface area (Å²) in [6, 6.07) is 8.94. The number of hydrogen-bond donors (Lipinski definition) is 1. The van der Waals surface area contributed by atoms with Crippen molar-refractivity contribution in [1.29, 1.82) is 0 Å². The summed E-state index contributed by atoms with van der Waals surface area (Å²) in [4.78, 5) is 4.19. The number of likely N-dealkylation sites (N-methyl/N-ethyl adjacent to an activating group) is 1. The van der Waals surface area contributed by atoms with Crippen molar-refractivity contribution < 1.29 is 9.13 Å². The van der Waals surface area contributed by atoms with E-state index in [4.69, 9.17) is 16.3 Å². The summed E-state index contributed by atoms with van der Waals surface area (Å²) in [6.07, 6.45) is 3.32. The molecule has 5 heteroatoms. The van der Waals surface area contributed by atoms with Crippen LogP contribution in [0.1, 0.15) is 11.1 Å². The Hall–Kier alpha value is -1.65. The van der Waals surface area contributed by atoms with Gasteiger partial charge in [-0.2, -0.15) is 0 Å². The molecule has 0 radical (unpaired) electrons. The predicted molar refractivity (Wildman–Crippen MR) is 82.5 cm³/mol. The van der Waals surface area contributed by atoms with Crippen LogP contribution in [-0.2, 0) is 12.8 Å². The molecule has 0 amide bonds. The first kappa shape index (κ1) is 15.7. The van der Waals surface area contributed by atoms with Gasteiger partial charge in [-0.15, -0.1) is 0 Å². The highest BCUT2D eigenvalue weighted by Gasteiger charge is 2.10. The van der Waals surface area contributed by atoms with E-state index >= 15 is 0 Å². The second kappa shape index (κ2) is 7.38. The molecule has 1 N–H and O–H groups in total. The Bertz CT molecular complexity index is 589. The maximum Gasteiger partial charge on any atom is 0.212 e. The molecule has 21 heavy (non-hydrogen) atoms. The van der Waals surface area contributed by atoms with Crippen molar-refractivity contribution in [1.82, 2.24) is 10.3 Å². The van der Waals surface area contributed by atoms with E-state index in [0.717, 1.165) is 24.0 Å². The largest absolute Gasteiger partial charge is 0.481 e. The third kappa shape index (κ3) is 4.41. The predicted octanol–water partition coefficient (Wildman–Crippen LogP) is 3.26. The van der Waals surface area contributed by atoms with E-state index in [1.807, 2.05) is 25.2 Å². The fraction of sp³-hybridized carbons (Fsp3) is 0.312. The van der Waals surface area contributed by atoms with Gasteiger partial charge in [-0.05, 0) is 43.1 Å². The second-order valence-electron chi connectivity index (χ2n) is 4.85. The maximum atomic E-state index is 13.5. The fourth-order valence-corrected chi connectivity index (χ4v) is 2.28. The Labute approximate surface area is 129 Å². The van der Waals surface area contributed by atoms with Crippen molar-refractivity contribution in [3.8, 4) is 5.88 Å². The van der Waals surface area contributed by atoms with Gasteiger partial charge in [-0.25, -0.2) is 9.37 Å². The van der Waals surface area contributed by atoms with Crippen LogP contribution in [0.2, 0.25) is 5.02 Å². The first-order valence-electron chi connectivity index (χ1n) is 6.72. The lowest BCUT2D eigenvalue weighted by atomic mass is 10.00. The van der Waals surface area contributed by atoms with Gasteiger partial charge in [0.1, 0.15) is 5.82 Å². The monoisotopic (exact) mass is 308 g/mol. The lowest BCUT2D eigenvalue weighted by Gasteiger charge is -2.16. The topological polar surface area (TPSA) is 34.1 Å². The minimum Gasteiger partial charge on any atom is -0.481 e. The summed E-state index contributed by atoms with van der Waals surface area (Å²) in [5.41, 5.74) is 2.02. The van der Waals surface area contributed by atoms with Crippen LogP contribution in [0, 0.1) is 5.82 Å². The Morgan fingerprint density at radius 3 is 2.52 bits per heavy atom. The van der Waals surface area contributed by atoms with Crippen LogP contribution in [0.3, 0.4) is 0 Å². The van der Waals surface area contributed by atoms with Crippen LogP contribution in [0.25, 0.3) is 0 Å². The summed E-state index contributed by atoms with van der Waals surface area (Å²) < 4.78 is 18.5. The third-order valence-corrected chi connectivity index (χ3v) is 3.67. The molecule has 2 aromatic rings. The van der Waals surface area contributed by atoms with Crippen LogP contribution in [0.5, 0.6) is 5.88 Å². The van der Waals surface area contributed by atoms with Gasteiger partial charge in [0.05, 0.1) is 12.1 Å². The number of benzene rings is 1. The van der Waals surface area contributed by atoms with E-state index in [0.29, 0.717) is 5.88 Å². The summed E-state index contributed by atoms with van der Waals surface area (Å²) in [7, 11) is 3.49. The van der Waals surface area contributed by atoms with Crippen molar-refractivity contribution in [2.75, 3.05) is 14.2 Å². The summed E-state index contributed by atoms with van der Waals surface area (Å²) in [5.74, 6) is 0.217. The van der Waals surface area contributed by atoms with Gasteiger partial charge in [0, 0.05) is 18.3 Å². The normalized spacial score (nSPS) is 12.2. The van der Waals surface area contributed by atoms with E-state index in [1.165, 1.54) is 6.07 Å². The molecule has 0 aliphatic heterocycles. The standard InChI is InChI=1S/C16H18ClFN2O/c1-19-13(7-11-3-5-14(17)15(18)9-11)8-12-4-6-16(21-2)20-10-12/h3-6,9-10,13,19H,7-8H2,1-2H3. The molecule has 1 aromatic heterocycles. The lowest BCUT2D eigenvalue weighted by molar-refractivity contribution is 0.397. The van der Waals surface area contributed by atoms with E-state index < -0.39 is 0 Å². The smallest absolute Gasteiger partial charge is 0.212 e. The number of methoxy groups -OCH3 is 1. The van der Waals surface area contributed by atoms with Gasteiger partial charge in [-0.1, -0.05) is 23.7 Å². The molecule has 0 saturated heterocycles. The molecule has 0 saturated carbocycles. The first-order chi connectivity index (χ1) is 10.1. The molecular weight excluding hydrogens is 291 g/mol. The lowest BCUT2D eigenvalue weighted by Crippen LogP contribution is -2.30. The van der Waals surface area contributed by atoms with Gasteiger partial charge < -0.3 is 10.1 Å². The zero-order chi connectivity index (χ0) is 15.2. The number of pyridine rings is 1. The van der Waals surface area contributed by atoms with Crippen LogP contribution in [0.4, 0.5) is 4.39 Å². The van der Waals surface area contributed by atoms with Crippen LogP contribution < -0.4 is 10.1 Å². The number of rotatable bonds is 6. The van der Waals surface area contributed by atoms with E-state index in [2.05, 4.69) is 10.3 Å². The molecule has 3 nitrogen and oxygen atoms in total. The van der Waals surface area contributed by atoms with Crippen LogP contribution in [0.15, 0.2) is 36.5 Å². The zero-order valence-corrected chi connectivity index (χ0v) is 12.8. The first-order valence-corrected chi connectivity index (χ1v) is 7.10. The Balaban J connectivity index is 2.03. The van der Waals surface area contributed by atoms with Crippen LogP contribution >= 0.6 is 11.6 Å². The average Bonchev–Trinajstić information content (AvgIpc) is 2.51. The maximum absolute atomic E-state index is 13.5. The highest BCUT2D eigenvalue weighted by atomic mass is 35.5. The summed E-state index contributed by atoms with van der Waals surface area (Å²) in [6.45, 7) is 0. The van der Waals surface area contributed by atoms with Gasteiger partial charge in [0.25, 0.3) is 0 Å². The van der Waals surface area contributed by atoms with Gasteiger partial charge in [0.2, 0.25) is 5.88 Å². The number of nitrogens with one attached hydrogen (secondary N) is 1. The second-order valence-corrected chi connectivity index (χ2v) is 5.26. The molecule has 1 atom stereocenters. The molecule has 0 bridgehead atoms. The molecule has 0 spiro atoms. The molecule has 0 aliphatic rings. The van der Waals surface area contributed by atoms with E-state index in [1.54, 1.807) is 19.4 Å². The third-order valence-electron chi connectivity index (χ3n) is 3.36. The van der Waals surface area contributed by atoms with E-state index in [9.17, 15) is 4.39 Å². The summed E-state index contributed by atoms with van der Waals surface area (Å²) >= 11 is 5.70. The van der Waals surface area contributed by atoms with Crippen molar-refractivity contribution in [2.24, 2.45) is 0 Å². The Morgan fingerprint density at radius 2 is 1.95 bits per heavy atom. The molecule has 0 fully saturated rings. The molecular formula is C16H18ClFN2O. The number of aromatic nitrogens is 1. The number of nitrogens with zero attached hydrogens (tertiary/aromatic N) is 1. The average molecular weight is 309 g/mol. The van der Waals surface area contributed by atoms with Gasteiger partial charge in [0.15, 0.2) is 0 Å². The molecule has 0 aliphatic carbocycles. The quantitative estimate of drug-likeness (QED) is 0.889. The molecule has 2 rings (SSSR count). The van der Waals surface area contributed by atoms with Crippen LogP contribution in [-0.4, -0.2) is 25.2 Å². The van der Waals surface area contributed by atoms with Crippen molar-refractivity contribution >= 4 is 11.6 Å². The Kier molecular flexibility index (Phi) is 5.53.